The summed E-state index contributed by atoms with van der Waals surface area (Å²) in [5.41, 5.74) is 1.13. The molecule has 0 radical (unpaired) electrons. The maximum atomic E-state index is 12.7. The summed E-state index contributed by atoms with van der Waals surface area (Å²) >= 11 is 5.95. The first-order valence-electron chi connectivity index (χ1n) is 9.95. The number of nitrogens with one attached hydrogen (secondary N) is 2. The summed E-state index contributed by atoms with van der Waals surface area (Å²) in [7, 11) is 0. The monoisotopic (exact) mass is 390 g/mol. The van der Waals surface area contributed by atoms with Crippen LogP contribution in [0.1, 0.15) is 32.1 Å². The molecule has 3 aliphatic rings. The van der Waals surface area contributed by atoms with Crippen LogP contribution in [0.3, 0.4) is 0 Å². The van der Waals surface area contributed by atoms with E-state index >= 15 is 0 Å². The molecule has 7 heteroatoms. The number of fused-ring (bicyclic) bond motifs is 1. The molecular weight excluding hydrogens is 364 g/mol. The first-order chi connectivity index (χ1) is 13.1. The van der Waals surface area contributed by atoms with Gasteiger partial charge in [-0.3, -0.25) is 9.59 Å². The number of hydrogen-bond acceptors (Lipinski definition) is 4. The summed E-state index contributed by atoms with van der Waals surface area (Å²) < 4.78 is 0. The first kappa shape index (κ1) is 18.6. The number of anilines is 1. The zero-order chi connectivity index (χ0) is 18.8. The van der Waals surface area contributed by atoms with Gasteiger partial charge < -0.3 is 20.4 Å². The van der Waals surface area contributed by atoms with Gasteiger partial charge in [-0.2, -0.15) is 0 Å². The lowest BCUT2D eigenvalue weighted by Crippen LogP contribution is -2.65. The van der Waals surface area contributed by atoms with Crippen molar-refractivity contribution in [2.24, 2.45) is 0 Å². The average Bonchev–Trinajstić information content (AvgIpc) is 2.69. The molecule has 2 aliphatic heterocycles. The Labute approximate surface area is 165 Å². The molecule has 0 bridgehead atoms. The van der Waals surface area contributed by atoms with Crippen LogP contribution in [0, 0.1) is 0 Å². The number of nitrogens with zero attached hydrogens (tertiary/aromatic N) is 2. The minimum absolute atomic E-state index is 0.0219. The number of carbonyl (C=O) groups is 2. The molecule has 0 spiro atoms. The van der Waals surface area contributed by atoms with E-state index in [4.69, 9.17) is 11.6 Å². The van der Waals surface area contributed by atoms with Crippen molar-refractivity contribution in [1.82, 2.24) is 15.5 Å². The number of amides is 2. The van der Waals surface area contributed by atoms with Crippen LogP contribution in [0.25, 0.3) is 0 Å². The van der Waals surface area contributed by atoms with Gasteiger partial charge in [0.25, 0.3) is 0 Å². The molecule has 6 nitrogen and oxygen atoms in total. The van der Waals surface area contributed by atoms with Gasteiger partial charge in [-0.15, -0.1) is 0 Å². The number of carbonyl (C=O) groups excluding carboxylic acids is 2. The third kappa shape index (κ3) is 4.22. The van der Waals surface area contributed by atoms with E-state index in [1.807, 2.05) is 29.2 Å². The molecule has 2 amide bonds. The van der Waals surface area contributed by atoms with E-state index in [1.165, 1.54) is 12.8 Å². The lowest BCUT2D eigenvalue weighted by Gasteiger charge is -2.41. The predicted octanol–water partition coefficient (Wildman–Crippen LogP) is 1.78. The van der Waals surface area contributed by atoms with E-state index in [-0.39, 0.29) is 24.3 Å². The van der Waals surface area contributed by atoms with Gasteiger partial charge in [-0.1, -0.05) is 24.4 Å². The van der Waals surface area contributed by atoms with Crippen molar-refractivity contribution in [1.29, 1.82) is 0 Å². The zero-order valence-electron chi connectivity index (χ0n) is 15.5. The van der Waals surface area contributed by atoms with Gasteiger partial charge in [0.1, 0.15) is 0 Å². The Balaban J connectivity index is 1.29. The molecule has 146 valence electrons. The fourth-order valence-electron chi connectivity index (χ4n) is 4.44. The highest BCUT2D eigenvalue weighted by Crippen LogP contribution is 2.23. The van der Waals surface area contributed by atoms with E-state index in [2.05, 4.69) is 15.5 Å². The number of hydrogen-bond donors (Lipinski definition) is 2. The van der Waals surface area contributed by atoms with Crippen LogP contribution in [0.2, 0.25) is 5.02 Å². The van der Waals surface area contributed by atoms with Gasteiger partial charge in [-0.25, -0.2) is 0 Å². The van der Waals surface area contributed by atoms with E-state index in [9.17, 15) is 9.59 Å². The molecule has 2 saturated heterocycles. The van der Waals surface area contributed by atoms with E-state index in [1.54, 1.807) is 0 Å². The SMILES string of the molecule is O=C1N[C@H]2CCCC[C@H]2N[C@H]1CC(=O)N1CCN(c2ccc(Cl)cc2)CC1. The standard InChI is InChI=1S/C20H27ClN4O2/c21-14-5-7-15(8-6-14)24-9-11-25(12-10-24)19(26)13-18-20(27)23-17-4-2-1-3-16(17)22-18/h5-8,16-18,22H,1-4,9-13H2,(H,23,27)/t16-,17+,18+/m1/s1. The summed E-state index contributed by atoms with van der Waals surface area (Å²) in [6, 6.07) is 7.95. The average molecular weight is 391 g/mol. The van der Waals surface area contributed by atoms with Crippen molar-refractivity contribution in [2.75, 3.05) is 31.1 Å². The number of halogens is 1. The quantitative estimate of drug-likeness (QED) is 0.825. The van der Waals surface area contributed by atoms with Crippen LogP contribution in [0.15, 0.2) is 24.3 Å². The second-order valence-corrected chi connectivity index (χ2v) is 8.21. The Morgan fingerprint density at radius 1 is 1.04 bits per heavy atom. The maximum absolute atomic E-state index is 12.7. The highest BCUT2D eigenvalue weighted by Gasteiger charge is 2.37. The molecule has 2 heterocycles. The van der Waals surface area contributed by atoms with E-state index < -0.39 is 6.04 Å². The lowest BCUT2D eigenvalue weighted by molar-refractivity contribution is -0.136. The van der Waals surface area contributed by atoms with Crippen LogP contribution in [-0.2, 0) is 9.59 Å². The second-order valence-electron chi connectivity index (χ2n) is 7.77. The Morgan fingerprint density at radius 3 is 2.41 bits per heavy atom. The molecule has 4 rings (SSSR count). The van der Waals surface area contributed by atoms with Crippen molar-refractivity contribution in [3.05, 3.63) is 29.3 Å². The fourth-order valence-corrected chi connectivity index (χ4v) is 4.57. The Bertz CT molecular complexity index is 688. The van der Waals surface area contributed by atoms with Gasteiger partial charge in [0.2, 0.25) is 11.8 Å². The fraction of sp³-hybridized carbons (Fsp3) is 0.600. The van der Waals surface area contributed by atoms with Gasteiger partial charge >= 0.3 is 0 Å². The molecule has 3 atom stereocenters. The summed E-state index contributed by atoms with van der Waals surface area (Å²) in [5.74, 6) is 0.0407. The highest BCUT2D eigenvalue weighted by atomic mass is 35.5. The normalized spacial score (nSPS) is 28.5. The largest absolute Gasteiger partial charge is 0.368 e. The Kier molecular flexibility index (Phi) is 5.55. The molecule has 0 unspecified atom stereocenters. The zero-order valence-corrected chi connectivity index (χ0v) is 16.3. The third-order valence-corrected chi connectivity index (χ3v) is 6.28. The molecule has 1 saturated carbocycles. The van der Waals surface area contributed by atoms with Crippen molar-refractivity contribution in [2.45, 2.75) is 50.2 Å². The molecule has 0 aromatic heterocycles. The summed E-state index contributed by atoms with van der Waals surface area (Å²) in [6.07, 6.45) is 4.73. The second kappa shape index (κ2) is 8.07. The molecule has 27 heavy (non-hydrogen) atoms. The van der Waals surface area contributed by atoms with Crippen LogP contribution in [0.4, 0.5) is 5.69 Å². The highest BCUT2D eigenvalue weighted by molar-refractivity contribution is 6.30. The summed E-state index contributed by atoms with van der Waals surface area (Å²) in [4.78, 5) is 29.2. The Hall–Kier alpha value is -1.79. The lowest BCUT2D eigenvalue weighted by atomic mass is 9.87. The number of benzene rings is 1. The molecular formula is C20H27ClN4O2. The van der Waals surface area contributed by atoms with Crippen molar-refractivity contribution < 1.29 is 9.59 Å². The van der Waals surface area contributed by atoms with Crippen LogP contribution < -0.4 is 15.5 Å². The minimum Gasteiger partial charge on any atom is -0.368 e. The van der Waals surface area contributed by atoms with Crippen LogP contribution in [-0.4, -0.2) is 61.0 Å². The summed E-state index contributed by atoms with van der Waals surface area (Å²) in [6.45, 7) is 2.95. The molecule has 2 N–H and O–H groups in total. The van der Waals surface area contributed by atoms with Gasteiger partial charge in [0.15, 0.2) is 0 Å². The van der Waals surface area contributed by atoms with Crippen LogP contribution >= 0.6 is 11.6 Å². The van der Waals surface area contributed by atoms with Gasteiger partial charge in [0.05, 0.1) is 12.5 Å². The maximum Gasteiger partial charge on any atom is 0.237 e. The Morgan fingerprint density at radius 2 is 1.70 bits per heavy atom. The minimum atomic E-state index is -0.397. The molecule has 1 aliphatic carbocycles. The van der Waals surface area contributed by atoms with Crippen LogP contribution in [0.5, 0.6) is 0 Å². The van der Waals surface area contributed by atoms with Crippen molar-refractivity contribution in [3.63, 3.8) is 0 Å². The van der Waals surface area contributed by atoms with Gasteiger partial charge in [-0.05, 0) is 37.1 Å². The molecule has 1 aromatic carbocycles. The topological polar surface area (TPSA) is 64.7 Å². The molecule has 3 fully saturated rings. The smallest absolute Gasteiger partial charge is 0.237 e. The summed E-state index contributed by atoms with van der Waals surface area (Å²) in [5, 5.41) is 7.28. The predicted molar refractivity (Wildman–Crippen MR) is 106 cm³/mol. The number of rotatable bonds is 3. The van der Waals surface area contributed by atoms with E-state index in [0.29, 0.717) is 19.1 Å². The van der Waals surface area contributed by atoms with Crippen molar-refractivity contribution in [3.8, 4) is 0 Å². The van der Waals surface area contributed by atoms with Gasteiger partial charge in [0, 0.05) is 49.0 Å². The number of piperazine rings is 2. The third-order valence-electron chi connectivity index (χ3n) is 6.03. The molecule has 1 aromatic rings. The van der Waals surface area contributed by atoms with Crippen molar-refractivity contribution >= 4 is 29.1 Å². The first-order valence-corrected chi connectivity index (χ1v) is 10.3. The van der Waals surface area contributed by atoms with E-state index in [0.717, 1.165) is 36.6 Å².